The largest absolute Gasteiger partial charge is 0.391 e. The van der Waals surface area contributed by atoms with Gasteiger partial charge in [0.1, 0.15) is 0 Å². The van der Waals surface area contributed by atoms with Crippen molar-refractivity contribution < 1.29 is 9.90 Å². The predicted molar refractivity (Wildman–Crippen MR) is 66.8 cm³/mol. The average Bonchev–Trinajstić information content (AvgIpc) is 2.87. The van der Waals surface area contributed by atoms with Crippen molar-refractivity contribution >= 4 is 5.91 Å². The maximum atomic E-state index is 12.3. The highest BCUT2D eigenvalue weighted by Crippen LogP contribution is 2.23. The molecule has 1 aliphatic heterocycles. The Balaban J connectivity index is 2.14. The van der Waals surface area contributed by atoms with Crippen molar-refractivity contribution in [3.63, 3.8) is 0 Å². The van der Waals surface area contributed by atoms with Crippen molar-refractivity contribution in [2.75, 3.05) is 6.54 Å². The van der Waals surface area contributed by atoms with Gasteiger partial charge in [0.05, 0.1) is 12.1 Å². The van der Waals surface area contributed by atoms with E-state index in [2.05, 4.69) is 0 Å². The van der Waals surface area contributed by atoms with Gasteiger partial charge in [0, 0.05) is 12.1 Å². The molecule has 1 heterocycles. The van der Waals surface area contributed by atoms with Gasteiger partial charge in [-0.05, 0) is 31.4 Å². The van der Waals surface area contributed by atoms with E-state index < -0.39 is 6.10 Å². The van der Waals surface area contributed by atoms with Crippen molar-refractivity contribution in [3.8, 4) is 0 Å². The Bertz CT molecular complexity index is 377. The molecule has 1 amide bonds. The van der Waals surface area contributed by atoms with Gasteiger partial charge in [-0.25, -0.2) is 0 Å². The van der Waals surface area contributed by atoms with Crippen LogP contribution in [0.3, 0.4) is 0 Å². The van der Waals surface area contributed by atoms with Crippen LogP contribution in [0.2, 0.25) is 0 Å². The van der Waals surface area contributed by atoms with Crippen molar-refractivity contribution in [2.45, 2.75) is 38.3 Å². The third kappa shape index (κ3) is 2.50. The molecule has 0 radical (unpaired) electrons. The number of benzene rings is 1. The summed E-state index contributed by atoms with van der Waals surface area (Å²) in [6, 6.07) is 9.29. The molecule has 0 aromatic heterocycles. The summed E-state index contributed by atoms with van der Waals surface area (Å²) in [5.74, 6) is 0.0422. The summed E-state index contributed by atoms with van der Waals surface area (Å²) < 4.78 is 0. The summed E-state index contributed by atoms with van der Waals surface area (Å²) in [5.41, 5.74) is 0.711. The lowest BCUT2D eigenvalue weighted by Gasteiger charge is -2.28. The van der Waals surface area contributed by atoms with Crippen LogP contribution in [0.25, 0.3) is 0 Å². The molecule has 17 heavy (non-hydrogen) atoms. The lowest BCUT2D eigenvalue weighted by molar-refractivity contribution is 0.0479. The maximum absolute atomic E-state index is 12.3. The van der Waals surface area contributed by atoms with Crippen molar-refractivity contribution in [1.82, 2.24) is 4.90 Å². The number of likely N-dealkylation sites (tertiary alicyclic amines) is 1. The molecule has 3 nitrogen and oxygen atoms in total. The Kier molecular flexibility index (Phi) is 3.79. The zero-order chi connectivity index (χ0) is 12.3. The van der Waals surface area contributed by atoms with E-state index in [1.807, 2.05) is 42.2 Å². The minimum atomic E-state index is -0.398. The van der Waals surface area contributed by atoms with E-state index in [0.717, 1.165) is 19.4 Å². The van der Waals surface area contributed by atoms with Gasteiger partial charge in [0.15, 0.2) is 0 Å². The number of amides is 1. The van der Waals surface area contributed by atoms with E-state index in [9.17, 15) is 9.90 Å². The Morgan fingerprint density at radius 1 is 1.47 bits per heavy atom. The molecule has 1 fully saturated rings. The topological polar surface area (TPSA) is 40.5 Å². The molecule has 1 aromatic carbocycles. The molecule has 1 aliphatic rings. The minimum Gasteiger partial charge on any atom is -0.391 e. The molecule has 0 spiro atoms. The molecule has 0 saturated carbocycles. The van der Waals surface area contributed by atoms with E-state index in [0.29, 0.717) is 12.0 Å². The van der Waals surface area contributed by atoms with Gasteiger partial charge >= 0.3 is 0 Å². The molecule has 1 N–H and O–H groups in total. The lowest BCUT2D eigenvalue weighted by Crippen LogP contribution is -2.42. The minimum absolute atomic E-state index is 0.00675. The fourth-order valence-electron chi connectivity index (χ4n) is 2.46. The molecule has 1 aromatic rings. The Morgan fingerprint density at radius 2 is 2.18 bits per heavy atom. The van der Waals surface area contributed by atoms with Gasteiger partial charge in [-0.3, -0.25) is 4.79 Å². The van der Waals surface area contributed by atoms with Crippen LogP contribution in [0.15, 0.2) is 30.3 Å². The van der Waals surface area contributed by atoms with Gasteiger partial charge in [-0.15, -0.1) is 0 Å². The number of hydrogen-bond donors (Lipinski definition) is 1. The van der Waals surface area contributed by atoms with E-state index in [1.54, 1.807) is 0 Å². The summed E-state index contributed by atoms with van der Waals surface area (Å²) >= 11 is 0. The second-order valence-corrected chi connectivity index (χ2v) is 4.55. The van der Waals surface area contributed by atoms with Crippen molar-refractivity contribution in [1.29, 1.82) is 0 Å². The first-order chi connectivity index (χ1) is 8.24. The van der Waals surface area contributed by atoms with Crippen LogP contribution in [0.5, 0.6) is 0 Å². The Hall–Kier alpha value is -1.35. The zero-order valence-electron chi connectivity index (χ0n) is 10.2. The van der Waals surface area contributed by atoms with Gasteiger partial charge < -0.3 is 10.0 Å². The normalized spacial score (nSPS) is 21.5. The summed E-state index contributed by atoms with van der Waals surface area (Å²) in [4.78, 5) is 14.1. The van der Waals surface area contributed by atoms with Gasteiger partial charge in [-0.2, -0.15) is 0 Å². The molecule has 1 saturated heterocycles. The van der Waals surface area contributed by atoms with Crippen LogP contribution >= 0.6 is 0 Å². The Morgan fingerprint density at radius 3 is 2.82 bits per heavy atom. The second kappa shape index (κ2) is 5.32. The van der Waals surface area contributed by atoms with E-state index in [1.165, 1.54) is 0 Å². The summed E-state index contributed by atoms with van der Waals surface area (Å²) in [6.45, 7) is 2.71. The summed E-state index contributed by atoms with van der Waals surface area (Å²) in [6.07, 6.45) is 2.20. The molecule has 92 valence electrons. The second-order valence-electron chi connectivity index (χ2n) is 4.55. The smallest absolute Gasteiger partial charge is 0.254 e. The number of hydrogen-bond acceptors (Lipinski definition) is 2. The molecule has 2 atom stereocenters. The van der Waals surface area contributed by atoms with Gasteiger partial charge in [0.2, 0.25) is 0 Å². The predicted octanol–water partition coefficient (Wildman–Crippen LogP) is 2.06. The van der Waals surface area contributed by atoms with Crippen LogP contribution in [0, 0.1) is 0 Å². The highest BCUT2D eigenvalue weighted by molar-refractivity contribution is 5.94. The Labute approximate surface area is 102 Å². The molecular weight excluding hydrogens is 214 g/mol. The number of carbonyl (C=O) groups excluding carboxylic acids is 1. The lowest BCUT2D eigenvalue weighted by atomic mass is 10.1. The van der Waals surface area contributed by atoms with Crippen molar-refractivity contribution in [2.24, 2.45) is 0 Å². The van der Waals surface area contributed by atoms with Gasteiger partial charge in [0.25, 0.3) is 5.91 Å². The average molecular weight is 233 g/mol. The van der Waals surface area contributed by atoms with Gasteiger partial charge in [-0.1, -0.05) is 25.1 Å². The maximum Gasteiger partial charge on any atom is 0.254 e. The number of rotatable bonds is 3. The first kappa shape index (κ1) is 12.1. The molecular formula is C14H19NO2. The standard InChI is InChI=1S/C14H19NO2/c1-2-13(16)12-9-6-10-15(12)14(17)11-7-4-3-5-8-11/h3-5,7-8,12-13,16H,2,6,9-10H2,1H3/t12-,13+/m0/s1. The van der Waals surface area contributed by atoms with E-state index in [4.69, 9.17) is 0 Å². The van der Waals surface area contributed by atoms with Crippen molar-refractivity contribution in [3.05, 3.63) is 35.9 Å². The first-order valence-corrected chi connectivity index (χ1v) is 6.28. The monoisotopic (exact) mass is 233 g/mol. The molecule has 2 rings (SSSR count). The highest BCUT2D eigenvalue weighted by Gasteiger charge is 2.33. The molecule has 0 aliphatic carbocycles. The molecule has 0 unspecified atom stereocenters. The summed E-state index contributed by atoms with van der Waals surface area (Å²) in [5, 5.41) is 9.93. The third-order valence-corrected chi connectivity index (χ3v) is 3.44. The van der Waals surface area contributed by atoms with Crippen LogP contribution in [0.1, 0.15) is 36.5 Å². The zero-order valence-corrected chi connectivity index (χ0v) is 10.2. The SMILES string of the molecule is CC[C@@H](O)[C@@H]1CCCN1C(=O)c1ccccc1. The van der Waals surface area contributed by atoms with Crippen LogP contribution in [-0.2, 0) is 0 Å². The molecule has 3 heteroatoms. The van der Waals surface area contributed by atoms with Crippen LogP contribution in [0.4, 0.5) is 0 Å². The van der Waals surface area contributed by atoms with Crippen LogP contribution in [-0.4, -0.2) is 34.6 Å². The number of aliphatic hydroxyl groups excluding tert-OH is 1. The third-order valence-electron chi connectivity index (χ3n) is 3.44. The molecule has 0 bridgehead atoms. The summed E-state index contributed by atoms with van der Waals surface area (Å²) in [7, 11) is 0. The van der Waals surface area contributed by atoms with E-state index >= 15 is 0 Å². The van der Waals surface area contributed by atoms with E-state index in [-0.39, 0.29) is 11.9 Å². The first-order valence-electron chi connectivity index (χ1n) is 6.28. The highest BCUT2D eigenvalue weighted by atomic mass is 16.3. The fourth-order valence-corrected chi connectivity index (χ4v) is 2.46. The van der Waals surface area contributed by atoms with Crippen LogP contribution < -0.4 is 0 Å². The number of carbonyl (C=O) groups is 1. The quantitative estimate of drug-likeness (QED) is 0.868. The fraction of sp³-hybridized carbons (Fsp3) is 0.500. The number of nitrogens with zero attached hydrogens (tertiary/aromatic N) is 1. The number of aliphatic hydroxyl groups is 1.